The van der Waals surface area contributed by atoms with Crippen molar-refractivity contribution >= 4 is 28.9 Å². The summed E-state index contributed by atoms with van der Waals surface area (Å²) >= 11 is 12.1. The summed E-state index contributed by atoms with van der Waals surface area (Å²) in [4.78, 5) is 2.32. The summed E-state index contributed by atoms with van der Waals surface area (Å²) in [5.74, 6) is 0. The van der Waals surface area contributed by atoms with Crippen molar-refractivity contribution in [1.82, 2.24) is 0 Å². The van der Waals surface area contributed by atoms with Crippen molar-refractivity contribution in [1.29, 1.82) is 0 Å². The van der Waals surface area contributed by atoms with Gasteiger partial charge in [-0.3, -0.25) is 0 Å². The Balaban J connectivity index is 2.24. The van der Waals surface area contributed by atoms with E-state index in [-0.39, 0.29) is 0 Å². The molecule has 0 N–H and O–H groups in total. The van der Waals surface area contributed by atoms with Gasteiger partial charge in [0, 0.05) is 18.1 Å². The highest BCUT2D eigenvalue weighted by Crippen LogP contribution is 2.30. The summed E-state index contributed by atoms with van der Waals surface area (Å²) in [5.41, 5.74) is 1.08. The summed E-state index contributed by atoms with van der Waals surface area (Å²) in [7, 11) is 0. The van der Waals surface area contributed by atoms with Crippen molar-refractivity contribution in [2.24, 2.45) is 0 Å². The van der Waals surface area contributed by atoms with Crippen LogP contribution < -0.4 is 4.90 Å². The molecule has 1 aromatic carbocycles. The molecule has 1 saturated heterocycles. The normalized spacial score (nSPS) is 17.1. The van der Waals surface area contributed by atoms with Crippen LogP contribution in [0.1, 0.15) is 19.3 Å². The fraction of sp³-hybridized carbons (Fsp3) is 0.455. The van der Waals surface area contributed by atoms with E-state index in [1.54, 1.807) is 0 Å². The van der Waals surface area contributed by atoms with Crippen LogP contribution in [0.4, 0.5) is 5.69 Å². The number of benzene rings is 1. The third-order valence-electron chi connectivity index (χ3n) is 2.60. The lowest BCUT2D eigenvalue weighted by Gasteiger charge is -2.29. The topological polar surface area (TPSA) is 3.24 Å². The zero-order valence-electron chi connectivity index (χ0n) is 7.97. The third-order valence-corrected chi connectivity index (χ3v) is 3.16. The Morgan fingerprint density at radius 3 is 2.43 bits per heavy atom. The molecule has 0 bridgehead atoms. The zero-order valence-corrected chi connectivity index (χ0v) is 9.48. The number of hydrogen-bond acceptors (Lipinski definition) is 1. The first-order valence-corrected chi connectivity index (χ1v) is 5.73. The molecule has 0 aromatic heterocycles. The molecule has 1 fully saturated rings. The van der Waals surface area contributed by atoms with Crippen molar-refractivity contribution in [3.8, 4) is 0 Å². The van der Waals surface area contributed by atoms with Crippen LogP contribution >= 0.6 is 23.2 Å². The number of rotatable bonds is 1. The van der Waals surface area contributed by atoms with Gasteiger partial charge in [0.25, 0.3) is 0 Å². The van der Waals surface area contributed by atoms with Crippen LogP contribution in [0.25, 0.3) is 0 Å². The molecule has 1 heterocycles. The molecular weight excluding hydrogens is 217 g/mol. The minimum Gasteiger partial charge on any atom is -0.370 e. The van der Waals surface area contributed by atoms with Gasteiger partial charge in [0.15, 0.2) is 0 Å². The van der Waals surface area contributed by atoms with Gasteiger partial charge in [-0.15, -0.1) is 0 Å². The molecule has 14 heavy (non-hydrogen) atoms. The highest BCUT2D eigenvalue weighted by molar-refractivity contribution is 6.35. The average Bonchev–Trinajstić information content (AvgIpc) is 2.23. The van der Waals surface area contributed by atoms with Crippen LogP contribution in [0.2, 0.25) is 10.0 Å². The van der Waals surface area contributed by atoms with E-state index in [1.807, 2.05) is 18.2 Å². The van der Waals surface area contributed by atoms with Crippen LogP contribution in [0.3, 0.4) is 0 Å². The van der Waals surface area contributed by atoms with Crippen molar-refractivity contribution in [2.75, 3.05) is 18.0 Å². The van der Waals surface area contributed by atoms with Gasteiger partial charge in [0.1, 0.15) is 0 Å². The van der Waals surface area contributed by atoms with Crippen LogP contribution in [-0.4, -0.2) is 13.1 Å². The number of anilines is 1. The molecule has 3 heteroatoms. The van der Waals surface area contributed by atoms with E-state index in [1.165, 1.54) is 19.3 Å². The van der Waals surface area contributed by atoms with Gasteiger partial charge >= 0.3 is 0 Å². The molecule has 1 aliphatic rings. The second-order valence-electron chi connectivity index (χ2n) is 3.64. The number of piperidine rings is 1. The monoisotopic (exact) mass is 229 g/mol. The summed E-state index contributed by atoms with van der Waals surface area (Å²) in [6.45, 7) is 2.19. The number of nitrogens with zero attached hydrogens (tertiary/aromatic N) is 1. The second kappa shape index (κ2) is 4.41. The smallest absolute Gasteiger partial charge is 0.0640 e. The first-order chi connectivity index (χ1) is 6.77. The maximum Gasteiger partial charge on any atom is 0.0640 e. The van der Waals surface area contributed by atoms with E-state index in [0.29, 0.717) is 0 Å². The molecular formula is C11H13Cl2N. The number of halogens is 2. The zero-order chi connectivity index (χ0) is 9.97. The lowest BCUT2D eigenvalue weighted by Crippen LogP contribution is -2.29. The fourth-order valence-electron chi connectivity index (χ4n) is 1.86. The van der Waals surface area contributed by atoms with Gasteiger partial charge in [-0.05, 0) is 37.5 Å². The maximum atomic E-state index is 6.13. The van der Waals surface area contributed by atoms with Gasteiger partial charge in [-0.2, -0.15) is 0 Å². The van der Waals surface area contributed by atoms with E-state index in [2.05, 4.69) is 4.90 Å². The molecule has 0 aliphatic carbocycles. The van der Waals surface area contributed by atoms with Gasteiger partial charge in [0.05, 0.1) is 10.7 Å². The summed E-state index contributed by atoms with van der Waals surface area (Å²) in [5, 5.41) is 1.56. The van der Waals surface area contributed by atoms with E-state index >= 15 is 0 Å². The molecule has 0 atom stereocenters. The Morgan fingerprint density at radius 1 is 1.00 bits per heavy atom. The number of hydrogen-bond donors (Lipinski definition) is 0. The fourth-order valence-corrected chi connectivity index (χ4v) is 2.27. The lowest BCUT2D eigenvalue weighted by molar-refractivity contribution is 0.578. The van der Waals surface area contributed by atoms with Crippen molar-refractivity contribution in [3.63, 3.8) is 0 Å². The Hall–Kier alpha value is -0.400. The second-order valence-corrected chi connectivity index (χ2v) is 4.49. The Bertz CT molecular complexity index is 319. The maximum absolute atomic E-state index is 6.13. The van der Waals surface area contributed by atoms with Crippen LogP contribution in [0, 0.1) is 0 Å². The van der Waals surface area contributed by atoms with Crippen LogP contribution in [0.5, 0.6) is 0 Å². The van der Waals surface area contributed by atoms with Crippen molar-refractivity contribution < 1.29 is 0 Å². The molecule has 0 unspecified atom stereocenters. The molecule has 1 aliphatic heterocycles. The molecule has 0 saturated carbocycles. The molecule has 76 valence electrons. The van der Waals surface area contributed by atoms with E-state index in [4.69, 9.17) is 23.2 Å². The third kappa shape index (κ3) is 2.15. The highest BCUT2D eigenvalue weighted by Gasteiger charge is 2.13. The summed E-state index contributed by atoms with van der Waals surface area (Å²) in [6, 6.07) is 5.65. The van der Waals surface area contributed by atoms with E-state index in [0.717, 1.165) is 28.8 Å². The lowest BCUT2D eigenvalue weighted by atomic mass is 10.1. The average molecular weight is 230 g/mol. The summed E-state index contributed by atoms with van der Waals surface area (Å²) < 4.78 is 0. The molecule has 0 amide bonds. The van der Waals surface area contributed by atoms with Gasteiger partial charge in [-0.25, -0.2) is 0 Å². The van der Waals surface area contributed by atoms with E-state index < -0.39 is 0 Å². The molecule has 1 nitrogen and oxygen atoms in total. The van der Waals surface area contributed by atoms with Crippen molar-refractivity contribution in [3.05, 3.63) is 28.2 Å². The van der Waals surface area contributed by atoms with Crippen LogP contribution in [-0.2, 0) is 0 Å². The first kappa shape index (κ1) is 10.1. The van der Waals surface area contributed by atoms with Gasteiger partial charge in [-0.1, -0.05) is 23.2 Å². The SMILES string of the molecule is Clc1ccc(Cl)c(N2CCCCC2)c1. The summed E-state index contributed by atoms with van der Waals surface area (Å²) in [6.07, 6.45) is 3.83. The Labute approximate surface area is 94.6 Å². The quantitative estimate of drug-likeness (QED) is 0.705. The molecule has 1 aromatic rings. The Kier molecular flexibility index (Phi) is 3.19. The van der Waals surface area contributed by atoms with Gasteiger partial charge in [0.2, 0.25) is 0 Å². The first-order valence-electron chi connectivity index (χ1n) is 4.97. The van der Waals surface area contributed by atoms with E-state index in [9.17, 15) is 0 Å². The molecule has 0 spiro atoms. The van der Waals surface area contributed by atoms with Crippen molar-refractivity contribution in [2.45, 2.75) is 19.3 Å². The predicted molar refractivity (Wildman–Crippen MR) is 62.5 cm³/mol. The molecule has 2 rings (SSSR count). The predicted octanol–water partition coefficient (Wildman–Crippen LogP) is 3.98. The largest absolute Gasteiger partial charge is 0.370 e. The minimum absolute atomic E-state index is 0.759. The Morgan fingerprint density at radius 2 is 1.71 bits per heavy atom. The van der Waals surface area contributed by atoms with Crippen LogP contribution in [0.15, 0.2) is 18.2 Å². The minimum atomic E-state index is 0.759. The highest BCUT2D eigenvalue weighted by atomic mass is 35.5. The standard InChI is InChI=1S/C11H13Cl2N/c12-9-4-5-10(13)11(8-9)14-6-2-1-3-7-14/h4-5,8H,1-3,6-7H2. The van der Waals surface area contributed by atoms with Gasteiger partial charge < -0.3 is 4.90 Å². The molecule has 0 radical (unpaired) electrons.